The number of hydrogen-bond acceptors (Lipinski definition) is 3. The van der Waals surface area contributed by atoms with E-state index < -0.39 is 0 Å². The maximum atomic E-state index is 9.36. The van der Waals surface area contributed by atoms with Gasteiger partial charge in [0.1, 0.15) is 0 Å². The maximum Gasteiger partial charge on any atom is 0.0799 e. The molecule has 3 heteroatoms. The van der Waals surface area contributed by atoms with Crippen LogP contribution in [0.4, 0.5) is 0 Å². The van der Waals surface area contributed by atoms with Crippen molar-refractivity contribution in [3.05, 3.63) is 0 Å². The van der Waals surface area contributed by atoms with Crippen molar-refractivity contribution in [3.63, 3.8) is 0 Å². The molecule has 0 aliphatic rings. The van der Waals surface area contributed by atoms with E-state index in [-0.39, 0.29) is 12.0 Å². The van der Waals surface area contributed by atoms with Crippen molar-refractivity contribution in [2.75, 3.05) is 20.3 Å². The van der Waals surface area contributed by atoms with E-state index in [2.05, 4.69) is 11.7 Å². The van der Waals surface area contributed by atoms with Crippen LogP contribution in [0.3, 0.4) is 0 Å². The highest BCUT2D eigenvalue weighted by Gasteiger charge is 2.12. The number of aliphatic hydroxyl groups excluding tert-OH is 1. The van der Waals surface area contributed by atoms with Gasteiger partial charge in [-0.05, 0) is 19.1 Å². The van der Waals surface area contributed by atoms with Crippen LogP contribution < -0.4 is 0 Å². The summed E-state index contributed by atoms with van der Waals surface area (Å²) in [5.41, 5.74) is 0. The Labute approximate surface area is 68.1 Å². The molecule has 1 N–H and O–H groups in total. The Morgan fingerprint density at radius 1 is 1.64 bits per heavy atom. The van der Waals surface area contributed by atoms with Crippen molar-refractivity contribution in [1.29, 1.82) is 0 Å². The van der Waals surface area contributed by atoms with Gasteiger partial charge in [-0.15, -0.1) is 0 Å². The van der Waals surface area contributed by atoms with Crippen LogP contribution in [0.15, 0.2) is 4.99 Å². The third-order valence-electron chi connectivity index (χ3n) is 1.74. The van der Waals surface area contributed by atoms with Crippen LogP contribution in [0.25, 0.3) is 0 Å². The average molecular weight is 159 g/mol. The summed E-state index contributed by atoms with van der Waals surface area (Å²) >= 11 is 0. The summed E-state index contributed by atoms with van der Waals surface area (Å²) < 4.78 is 4.81. The van der Waals surface area contributed by atoms with E-state index in [0.717, 1.165) is 6.42 Å². The van der Waals surface area contributed by atoms with Crippen molar-refractivity contribution in [3.8, 4) is 0 Å². The fraction of sp³-hybridized carbons (Fsp3) is 0.875. The molecule has 0 aromatic rings. The molecule has 0 fully saturated rings. The van der Waals surface area contributed by atoms with Crippen LogP contribution in [-0.2, 0) is 4.74 Å². The normalized spacial score (nSPS) is 15.9. The van der Waals surface area contributed by atoms with Gasteiger partial charge in [-0.25, -0.2) is 0 Å². The minimum Gasteiger partial charge on any atom is -0.390 e. The van der Waals surface area contributed by atoms with Gasteiger partial charge in [0.2, 0.25) is 0 Å². The van der Waals surface area contributed by atoms with Gasteiger partial charge >= 0.3 is 0 Å². The van der Waals surface area contributed by atoms with Gasteiger partial charge in [0, 0.05) is 13.7 Å². The lowest BCUT2D eigenvalue weighted by atomic mass is 10.0. The summed E-state index contributed by atoms with van der Waals surface area (Å²) in [7, 11) is 1.59. The third kappa shape index (κ3) is 4.93. The number of rotatable bonds is 6. The first-order valence-corrected chi connectivity index (χ1v) is 3.81. The number of aliphatic hydroxyl groups is 1. The standard InChI is InChI=1S/C8H17NO2/c1-7(4-5-9-2)8(10)6-11-3/h7-8,10H,2,4-6H2,1,3H3. The number of nitrogens with zero attached hydrogens (tertiary/aromatic N) is 1. The van der Waals surface area contributed by atoms with E-state index in [0.29, 0.717) is 13.2 Å². The fourth-order valence-corrected chi connectivity index (χ4v) is 0.822. The lowest BCUT2D eigenvalue weighted by Crippen LogP contribution is -2.23. The molecule has 66 valence electrons. The van der Waals surface area contributed by atoms with E-state index in [1.54, 1.807) is 7.11 Å². The topological polar surface area (TPSA) is 41.8 Å². The zero-order valence-corrected chi connectivity index (χ0v) is 7.29. The lowest BCUT2D eigenvalue weighted by Gasteiger charge is -2.16. The molecule has 0 saturated carbocycles. The number of ether oxygens (including phenoxy) is 1. The zero-order chi connectivity index (χ0) is 8.69. The molecule has 0 amide bonds. The van der Waals surface area contributed by atoms with Gasteiger partial charge in [0.05, 0.1) is 12.7 Å². The molecular weight excluding hydrogens is 142 g/mol. The van der Waals surface area contributed by atoms with Gasteiger partial charge < -0.3 is 14.8 Å². The molecule has 0 bridgehead atoms. The molecule has 0 heterocycles. The predicted molar refractivity (Wildman–Crippen MR) is 46.1 cm³/mol. The second kappa shape index (κ2) is 6.31. The summed E-state index contributed by atoms with van der Waals surface area (Å²) in [5.74, 6) is 0.237. The van der Waals surface area contributed by atoms with Crippen molar-refractivity contribution >= 4 is 6.72 Å². The maximum absolute atomic E-state index is 9.36. The lowest BCUT2D eigenvalue weighted by molar-refractivity contribution is 0.0288. The molecular formula is C8H17NO2. The molecule has 3 nitrogen and oxygen atoms in total. The molecule has 0 aliphatic heterocycles. The van der Waals surface area contributed by atoms with Crippen LogP contribution in [0.1, 0.15) is 13.3 Å². The SMILES string of the molecule is C=NCCC(C)C(O)COC. The van der Waals surface area contributed by atoms with Crippen molar-refractivity contribution in [1.82, 2.24) is 0 Å². The minimum atomic E-state index is -0.373. The number of methoxy groups -OCH3 is 1. The summed E-state index contributed by atoms with van der Waals surface area (Å²) in [4.78, 5) is 3.72. The molecule has 0 radical (unpaired) electrons. The smallest absolute Gasteiger partial charge is 0.0799 e. The highest BCUT2D eigenvalue weighted by Crippen LogP contribution is 2.07. The molecule has 0 aromatic carbocycles. The van der Waals surface area contributed by atoms with Crippen molar-refractivity contribution in [2.24, 2.45) is 10.9 Å². The Hall–Kier alpha value is -0.410. The Balaban J connectivity index is 3.45. The van der Waals surface area contributed by atoms with E-state index in [9.17, 15) is 5.11 Å². The van der Waals surface area contributed by atoms with Crippen molar-refractivity contribution < 1.29 is 9.84 Å². The van der Waals surface area contributed by atoms with E-state index in [4.69, 9.17) is 4.74 Å². The highest BCUT2D eigenvalue weighted by atomic mass is 16.5. The summed E-state index contributed by atoms with van der Waals surface area (Å²) in [6.07, 6.45) is 0.496. The van der Waals surface area contributed by atoms with Crippen molar-refractivity contribution in [2.45, 2.75) is 19.4 Å². The molecule has 0 aliphatic carbocycles. The van der Waals surface area contributed by atoms with E-state index in [1.807, 2.05) is 6.92 Å². The Morgan fingerprint density at radius 2 is 2.27 bits per heavy atom. The average Bonchev–Trinajstić information content (AvgIpc) is 2.00. The second-order valence-corrected chi connectivity index (χ2v) is 2.74. The first-order valence-electron chi connectivity index (χ1n) is 3.81. The quantitative estimate of drug-likeness (QED) is 0.580. The predicted octanol–water partition coefficient (Wildman–Crippen LogP) is 0.720. The molecule has 0 rings (SSSR count). The summed E-state index contributed by atoms with van der Waals surface area (Å²) in [5, 5.41) is 9.36. The van der Waals surface area contributed by atoms with Crippen LogP contribution >= 0.6 is 0 Å². The van der Waals surface area contributed by atoms with Gasteiger partial charge in [-0.1, -0.05) is 6.92 Å². The van der Waals surface area contributed by atoms with Gasteiger partial charge in [0.25, 0.3) is 0 Å². The summed E-state index contributed by atoms with van der Waals surface area (Å²) in [6.45, 7) is 6.47. The molecule has 11 heavy (non-hydrogen) atoms. The first-order chi connectivity index (χ1) is 5.22. The number of hydrogen-bond donors (Lipinski definition) is 1. The van der Waals surface area contributed by atoms with Gasteiger partial charge in [0.15, 0.2) is 0 Å². The Morgan fingerprint density at radius 3 is 2.73 bits per heavy atom. The zero-order valence-electron chi connectivity index (χ0n) is 7.29. The molecule has 0 aromatic heterocycles. The molecule has 0 spiro atoms. The van der Waals surface area contributed by atoms with Crippen LogP contribution in [-0.4, -0.2) is 38.2 Å². The molecule has 2 atom stereocenters. The van der Waals surface area contributed by atoms with Gasteiger partial charge in [-0.2, -0.15) is 0 Å². The van der Waals surface area contributed by atoms with Crippen LogP contribution in [0.5, 0.6) is 0 Å². The Kier molecular flexibility index (Phi) is 6.07. The largest absolute Gasteiger partial charge is 0.390 e. The van der Waals surface area contributed by atoms with Crippen LogP contribution in [0.2, 0.25) is 0 Å². The molecule has 0 saturated heterocycles. The molecule has 2 unspecified atom stereocenters. The van der Waals surface area contributed by atoms with E-state index >= 15 is 0 Å². The third-order valence-corrected chi connectivity index (χ3v) is 1.74. The Bertz CT molecular complexity index is 106. The summed E-state index contributed by atoms with van der Waals surface area (Å²) in [6, 6.07) is 0. The van der Waals surface area contributed by atoms with Crippen LogP contribution in [0, 0.1) is 5.92 Å². The highest BCUT2D eigenvalue weighted by molar-refractivity contribution is 5.23. The minimum absolute atomic E-state index is 0.237. The fourth-order valence-electron chi connectivity index (χ4n) is 0.822. The second-order valence-electron chi connectivity index (χ2n) is 2.74. The van der Waals surface area contributed by atoms with E-state index in [1.165, 1.54) is 0 Å². The van der Waals surface area contributed by atoms with Gasteiger partial charge in [-0.3, -0.25) is 0 Å². The number of aliphatic imine (C=N–C) groups is 1. The first kappa shape index (κ1) is 10.6. The monoisotopic (exact) mass is 159 g/mol.